The number of carbonyl (C=O) groups excluding carboxylic acids is 1. The van der Waals surface area contributed by atoms with E-state index in [-0.39, 0.29) is 18.1 Å². The van der Waals surface area contributed by atoms with Gasteiger partial charge in [-0.3, -0.25) is 4.79 Å². The molecule has 6 heteroatoms. The lowest BCUT2D eigenvalue weighted by atomic mass is 9.84. The van der Waals surface area contributed by atoms with Crippen LogP contribution in [0.3, 0.4) is 0 Å². The molecule has 2 saturated heterocycles. The second kappa shape index (κ2) is 7.83. The second-order valence-electron chi connectivity index (χ2n) is 7.41. The summed E-state index contributed by atoms with van der Waals surface area (Å²) < 4.78 is 11.4. The van der Waals surface area contributed by atoms with Crippen molar-refractivity contribution in [2.45, 2.75) is 82.6 Å². The summed E-state index contributed by atoms with van der Waals surface area (Å²) in [7, 11) is 0. The Hall–Kier alpha value is -1.14. The molecule has 136 valence electrons. The third kappa shape index (κ3) is 3.75. The summed E-state index contributed by atoms with van der Waals surface area (Å²) >= 11 is 0. The first kappa shape index (κ1) is 17.7. The van der Waals surface area contributed by atoms with Gasteiger partial charge in [0.25, 0.3) is 5.91 Å². The van der Waals surface area contributed by atoms with Gasteiger partial charge in [0.2, 0.25) is 0 Å². The Morgan fingerprint density at radius 3 is 2.67 bits per heavy atom. The first-order chi connectivity index (χ1) is 11.6. The minimum atomic E-state index is -0.888. The quantitative estimate of drug-likeness (QED) is 0.831. The fourth-order valence-electron chi connectivity index (χ4n) is 4.47. The molecule has 1 amide bonds. The van der Waals surface area contributed by atoms with Gasteiger partial charge in [0.05, 0.1) is 12.7 Å². The van der Waals surface area contributed by atoms with Crippen LogP contribution in [0, 0.1) is 5.92 Å². The summed E-state index contributed by atoms with van der Waals surface area (Å²) in [4.78, 5) is 26.1. The van der Waals surface area contributed by atoms with E-state index in [2.05, 4.69) is 0 Å². The molecule has 0 aromatic carbocycles. The summed E-state index contributed by atoms with van der Waals surface area (Å²) in [5.74, 6) is -0.731. The lowest BCUT2D eigenvalue weighted by molar-refractivity contribution is -0.157. The smallest absolute Gasteiger partial charge is 0.326 e. The first-order valence-corrected chi connectivity index (χ1v) is 9.36. The van der Waals surface area contributed by atoms with Crippen molar-refractivity contribution in [3.8, 4) is 0 Å². The number of carboxylic acids is 1. The Balaban J connectivity index is 1.61. The number of hydrogen-bond acceptors (Lipinski definition) is 4. The van der Waals surface area contributed by atoms with Crippen LogP contribution in [-0.2, 0) is 19.1 Å². The maximum Gasteiger partial charge on any atom is 0.326 e. The van der Waals surface area contributed by atoms with E-state index in [0.29, 0.717) is 18.9 Å². The largest absolute Gasteiger partial charge is 0.480 e. The minimum absolute atomic E-state index is 0.0604. The van der Waals surface area contributed by atoms with E-state index in [1.54, 1.807) is 11.8 Å². The van der Waals surface area contributed by atoms with Crippen LogP contribution in [-0.4, -0.2) is 59.4 Å². The molecule has 0 aromatic rings. The molecule has 5 atom stereocenters. The third-order valence-electron chi connectivity index (χ3n) is 5.78. The SMILES string of the molecule is CC(OCC1CCCCO1)C(=O)N1C(C(=O)O)CC2CCCCC21. The molecular weight excluding hydrogens is 310 g/mol. The first-order valence-electron chi connectivity index (χ1n) is 9.36. The predicted octanol–water partition coefficient (Wildman–Crippen LogP) is 2.20. The van der Waals surface area contributed by atoms with Crippen LogP contribution in [0.25, 0.3) is 0 Å². The van der Waals surface area contributed by atoms with E-state index >= 15 is 0 Å². The molecule has 0 spiro atoms. The highest BCUT2D eigenvalue weighted by molar-refractivity contribution is 5.87. The number of nitrogens with zero attached hydrogens (tertiary/aromatic N) is 1. The molecule has 1 N–H and O–H groups in total. The van der Waals surface area contributed by atoms with Crippen molar-refractivity contribution in [2.24, 2.45) is 5.92 Å². The van der Waals surface area contributed by atoms with Gasteiger partial charge in [-0.25, -0.2) is 4.79 Å². The molecule has 0 radical (unpaired) electrons. The van der Waals surface area contributed by atoms with Crippen LogP contribution in [0.15, 0.2) is 0 Å². The summed E-state index contributed by atoms with van der Waals surface area (Å²) in [6, 6.07) is -0.619. The maximum atomic E-state index is 12.9. The highest BCUT2D eigenvalue weighted by atomic mass is 16.5. The molecule has 3 aliphatic rings. The monoisotopic (exact) mass is 339 g/mol. The average Bonchev–Trinajstić information content (AvgIpc) is 2.99. The summed E-state index contributed by atoms with van der Waals surface area (Å²) in [5.41, 5.74) is 0. The Labute approximate surface area is 143 Å². The van der Waals surface area contributed by atoms with E-state index in [1.807, 2.05) is 0 Å². The second-order valence-corrected chi connectivity index (χ2v) is 7.41. The average molecular weight is 339 g/mol. The molecular formula is C18H29NO5. The van der Waals surface area contributed by atoms with E-state index in [4.69, 9.17) is 9.47 Å². The number of rotatable bonds is 5. The van der Waals surface area contributed by atoms with Gasteiger partial charge < -0.3 is 19.5 Å². The van der Waals surface area contributed by atoms with Gasteiger partial charge in [-0.1, -0.05) is 12.8 Å². The van der Waals surface area contributed by atoms with Crippen molar-refractivity contribution in [1.82, 2.24) is 4.90 Å². The highest BCUT2D eigenvalue weighted by Crippen LogP contribution is 2.40. The van der Waals surface area contributed by atoms with Gasteiger partial charge in [-0.05, 0) is 51.4 Å². The number of ether oxygens (including phenoxy) is 2. The molecule has 0 aromatic heterocycles. The van der Waals surface area contributed by atoms with Crippen LogP contribution in [0.2, 0.25) is 0 Å². The van der Waals surface area contributed by atoms with Crippen LogP contribution in [0.1, 0.15) is 58.3 Å². The molecule has 2 heterocycles. The lowest BCUT2D eigenvalue weighted by Crippen LogP contribution is -2.50. The van der Waals surface area contributed by atoms with Crippen molar-refractivity contribution in [3.05, 3.63) is 0 Å². The number of aliphatic carboxylic acids is 1. The maximum absolute atomic E-state index is 12.9. The van der Waals surface area contributed by atoms with Gasteiger partial charge >= 0.3 is 5.97 Å². The van der Waals surface area contributed by atoms with Crippen LogP contribution >= 0.6 is 0 Å². The van der Waals surface area contributed by atoms with E-state index < -0.39 is 18.1 Å². The number of fused-ring (bicyclic) bond motifs is 1. The summed E-state index contributed by atoms with van der Waals surface area (Å²) in [6.45, 7) is 2.90. The highest BCUT2D eigenvalue weighted by Gasteiger charge is 2.48. The van der Waals surface area contributed by atoms with Crippen molar-refractivity contribution in [1.29, 1.82) is 0 Å². The zero-order valence-electron chi connectivity index (χ0n) is 14.5. The number of carbonyl (C=O) groups is 2. The molecule has 1 aliphatic carbocycles. The number of amides is 1. The molecule has 6 nitrogen and oxygen atoms in total. The van der Waals surface area contributed by atoms with E-state index in [1.165, 1.54) is 0 Å². The molecule has 3 fully saturated rings. The summed E-state index contributed by atoms with van der Waals surface area (Å²) in [5, 5.41) is 9.54. The molecule has 2 aliphatic heterocycles. The standard InChI is InChI=1S/C18H29NO5/c1-12(24-11-14-7-4-5-9-23-14)17(20)19-15-8-3-2-6-13(15)10-16(19)18(21)22/h12-16H,2-11H2,1H3,(H,21,22). The predicted molar refractivity (Wildman–Crippen MR) is 87.6 cm³/mol. The van der Waals surface area contributed by atoms with Crippen molar-refractivity contribution < 1.29 is 24.2 Å². The molecule has 3 rings (SSSR count). The Kier molecular flexibility index (Phi) is 5.76. The van der Waals surface area contributed by atoms with Crippen LogP contribution in [0.4, 0.5) is 0 Å². The molecule has 1 saturated carbocycles. The number of carboxylic acid groups (broad SMARTS) is 1. The van der Waals surface area contributed by atoms with Gasteiger partial charge in [0, 0.05) is 12.6 Å². The van der Waals surface area contributed by atoms with Gasteiger partial charge in [0.15, 0.2) is 0 Å². The Morgan fingerprint density at radius 1 is 1.21 bits per heavy atom. The topological polar surface area (TPSA) is 76.1 Å². The zero-order valence-corrected chi connectivity index (χ0v) is 14.5. The Morgan fingerprint density at radius 2 is 1.96 bits per heavy atom. The molecule has 24 heavy (non-hydrogen) atoms. The summed E-state index contributed by atoms with van der Waals surface area (Å²) in [6.07, 6.45) is 7.38. The van der Waals surface area contributed by atoms with Crippen LogP contribution in [0.5, 0.6) is 0 Å². The lowest BCUT2D eigenvalue weighted by Gasteiger charge is -2.34. The van der Waals surface area contributed by atoms with Crippen LogP contribution < -0.4 is 0 Å². The minimum Gasteiger partial charge on any atom is -0.480 e. The van der Waals surface area contributed by atoms with E-state index in [0.717, 1.165) is 51.6 Å². The third-order valence-corrected chi connectivity index (χ3v) is 5.78. The van der Waals surface area contributed by atoms with Crippen molar-refractivity contribution >= 4 is 11.9 Å². The number of hydrogen-bond donors (Lipinski definition) is 1. The van der Waals surface area contributed by atoms with Crippen molar-refractivity contribution in [2.75, 3.05) is 13.2 Å². The molecule has 5 unspecified atom stereocenters. The zero-order chi connectivity index (χ0) is 17.1. The van der Waals surface area contributed by atoms with E-state index in [9.17, 15) is 14.7 Å². The fraction of sp³-hybridized carbons (Fsp3) is 0.889. The number of likely N-dealkylation sites (tertiary alicyclic amines) is 1. The van der Waals surface area contributed by atoms with Gasteiger partial charge in [0.1, 0.15) is 12.1 Å². The van der Waals surface area contributed by atoms with Crippen molar-refractivity contribution in [3.63, 3.8) is 0 Å². The Bertz CT molecular complexity index is 462. The van der Waals surface area contributed by atoms with Gasteiger partial charge in [-0.15, -0.1) is 0 Å². The molecule has 0 bridgehead atoms. The normalized spacial score (nSPS) is 34.6. The fourth-order valence-corrected chi connectivity index (χ4v) is 4.47. The van der Waals surface area contributed by atoms with Gasteiger partial charge in [-0.2, -0.15) is 0 Å².